The van der Waals surface area contributed by atoms with Crippen LogP contribution in [0.3, 0.4) is 0 Å². The molecule has 9 heteroatoms. The molecule has 2 aromatic rings. The molecule has 0 bridgehead atoms. The second-order valence-electron chi connectivity index (χ2n) is 4.46. The summed E-state index contributed by atoms with van der Waals surface area (Å²) in [5.41, 5.74) is 1.43. The summed E-state index contributed by atoms with van der Waals surface area (Å²) < 4.78 is 1.40. The smallest absolute Gasteiger partial charge is 0.275 e. The van der Waals surface area contributed by atoms with Crippen LogP contribution in [0.2, 0.25) is 0 Å². The Bertz CT molecular complexity index is 885. The van der Waals surface area contributed by atoms with Crippen LogP contribution >= 0.6 is 12.2 Å². The Morgan fingerprint density at radius 2 is 2.13 bits per heavy atom. The molecule has 8 nitrogen and oxygen atoms in total. The van der Waals surface area contributed by atoms with Gasteiger partial charge in [-0.2, -0.15) is 5.10 Å². The van der Waals surface area contributed by atoms with Gasteiger partial charge in [0.1, 0.15) is 11.3 Å². The first-order chi connectivity index (χ1) is 11.0. The van der Waals surface area contributed by atoms with Crippen LogP contribution in [0.5, 0.6) is 11.6 Å². The Balaban J connectivity index is 2.25. The molecule has 4 N–H and O–H groups in total. The fraction of sp³-hybridized carbons (Fsp3) is 0.143. The van der Waals surface area contributed by atoms with Gasteiger partial charge in [0, 0.05) is 6.54 Å². The summed E-state index contributed by atoms with van der Waals surface area (Å²) >= 11 is 4.92. The van der Waals surface area contributed by atoms with E-state index in [4.69, 9.17) is 12.2 Å². The first kappa shape index (κ1) is 16.4. The van der Waals surface area contributed by atoms with Crippen molar-refractivity contribution in [3.8, 4) is 11.6 Å². The summed E-state index contributed by atoms with van der Waals surface area (Å²) in [6, 6.07) is 5.94. The Morgan fingerprint density at radius 3 is 2.78 bits per heavy atom. The van der Waals surface area contributed by atoms with Crippen LogP contribution in [0.15, 0.2) is 34.2 Å². The molecule has 0 saturated heterocycles. The minimum Gasteiger partial charge on any atom is -0.507 e. The van der Waals surface area contributed by atoms with Crippen molar-refractivity contribution in [2.75, 3.05) is 0 Å². The lowest BCUT2D eigenvalue weighted by Crippen LogP contribution is -2.21. The number of hydrogen-bond donors (Lipinski definition) is 4. The number of nitrogens with zero attached hydrogens (tertiary/aromatic N) is 2. The molecule has 0 atom stereocenters. The van der Waals surface area contributed by atoms with Gasteiger partial charge in [-0.05, 0) is 31.3 Å². The molecule has 0 unspecified atom stereocenters. The number of hydrogen-bond acceptors (Lipinski definition) is 6. The van der Waals surface area contributed by atoms with Crippen molar-refractivity contribution < 1.29 is 15.0 Å². The van der Waals surface area contributed by atoms with Gasteiger partial charge in [-0.1, -0.05) is 12.1 Å². The third-order valence-electron chi connectivity index (χ3n) is 3.03. The van der Waals surface area contributed by atoms with E-state index in [9.17, 15) is 19.8 Å². The van der Waals surface area contributed by atoms with Crippen LogP contribution < -0.4 is 11.0 Å². The van der Waals surface area contributed by atoms with Gasteiger partial charge in [0.05, 0.1) is 11.8 Å². The number of para-hydroxylation sites is 1. The SMILES string of the molecule is CCn1c(O)c(C=NNC(=O)c2ccccc2O)c(=O)[nH]c1=S. The number of amides is 1. The standard InChI is InChI=1S/C14H14N4O4S/c1-2-18-13(22)9(11(20)16-14(18)23)7-15-17-12(21)8-5-3-4-6-10(8)19/h3-7,19,22H,2H2,1H3,(H,17,21)(H,16,20,23). The maximum atomic E-state index is 11.8. The zero-order valence-corrected chi connectivity index (χ0v) is 12.9. The summed E-state index contributed by atoms with van der Waals surface area (Å²) in [6.45, 7) is 2.10. The van der Waals surface area contributed by atoms with Crippen LogP contribution in [0.1, 0.15) is 22.8 Å². The minimum atomic E-state index is -0.654. The number of carbonyl (C=O) groups excluding carboxylic acids is 1. The first-order valence-electron chi connectivity index (χ1n) is 6.63. The number of aromatic amines is 1. The molecule has 2 rings (SSSR count). The quantitative estimate of drug-likeness (QED) is 0.379. The molecule has 0 aliphatic heterocycles. The van der Waals surface area contributed by atoms with Gasteiger partial charge in [0.2, 0.25) is 5.88 Å². The Kier molecular flexibility index (Phi) is 4.91. The number of phenolic OH excluding ortho intramolecular Hbond substituents is 1. The summed E-state index contributed by atoms with van der Waals surface area (Å²) in [5, 5.41) is 23.2. The zero-order valence-electron chi connectivity index (χ0n) is 12.1. The fourth-order valence-corrected chi connectivity index (χ4v) is 2.17. The highest BCUT2D eigenvalue weighted by molar-refractivity contribution is 7.71. The molecule has 120 valence electrons. The number of hydrazone groups is 1. The van der Waals surface area contributed by atoms with E-state index in [1.54, 1.807) is 19.1 Å². The van der Waals surface area contributed by atoms with Crippen LogP contribution in [-0.4, -0.2) is 31.9 Å². The van der Waals surface area contributed by atoms with E-state index in [2.05, 4.69) is 15.5 Å². The molecule has 0 spiro atoms. The number of aromatic hydroxyl groups is 2. The molecule has 0 aliphatic rings. The Labute approximate surface area is 135 Å². The van der Waals surface area contributed by atoms with Gasteiger partial charge >= 0.3 is 0 Å². The number of carbonyl (C=O) groups is 1. The molecule has 0 fully saturated rings. The summed E-state index contributed by atoms with van der Waals surface area (Å²) in [5.74, 6) is -1.19. The fourth-order valence-electron chi connectivity index (χ4n) is 1.87. The number of rotatable bonds is 4. The van der Waals surface area contributed by atoms with Crippen LogP contribution in [-0.2, 0) is 6.54 Å². The number of benzene rings is 1. The largest absolute Gasteiger partial charge is 0.507 e. The predicted molar refractivity (Wildman–Crippen MR) is 86.4 cm³/mol. The molecule has 0 aliphatic carbocycles. The van der Waals surface area contributed by atoms with Crippen molar-refractivity contribution in [2.24, 2.45) is 5.10 Å². The number of phenols is 1. The average molecular weight is 334 g/mol. The molecule has 23 heavy (non-hydrogen) atoms. The third-order valence-corrected chi connectivity index (χ3v) is 3.35. The van der Waals surface area contributed by atoms with Crippen molar-refractivity contribution in [3.05, 3.63) is 50.5 Å². The number of aromatic nitrogens is 2. The highest BCUT2D eigenvalue weighted by atomic mass is 32.1. The van der Waals surface area contributed by atoms with E-state index in [1.807, 2.05) is 0 Å². The lowest BCUT2D eigenvalue weighted by atomic mass is 10.2. The van der Waals surface area contributed by atoms with Crippen molar-refractivity contribution in [1.29, 1.82) is 0 Å². The highest BCUT2D eigenvalue weighted by Gasteiger charge is 2.11. The molecular weight excluding hydrogens is 320 g/mol. The molecular formula is C14H14N4O4S. The van der Waals surface area contributed by atoms with Gasteiger partial charge in [0.25, 0.3) is 11.5 Å². The van der Waals surface area contributed by atoms with Crippen LogP contribution in [0.4, 0.5) is 0 Å². The lowest BCUT2D eigenvalue weighted by molar-refractivity contribution is 0.0952. The van der Waals surface area contributed by atoms with E-state index in [0.29, 0.717) is 6.54 Å². The number of H-pyrrole nitrogens is 1. The molecule has 1 heterocycles. The number of nitrogens with one attached hydrogen (secondary N) is 2. The highest BCUT2D eigenvalue weighted by Crippen LogP contribution is 2.15. The Morgan fingerprint density at radius 1 is 1.43 bits per heavy atom. The second kappa shape index (κ2) is 6.88. The lowest BCUT2D eigenvalue weighted by Gasteiger charge is -2.08. The van der Waals surface area contributed by atoms with E-state index >= 15 is 0 Å². The van der Waals surface area contributed by atoms with Gasteiger partial charge in [-0.3, -0.25) is 19.1 Å². The normalized spacial score (nSPS) is 10.8. The van der Waals surface area contributed by atoms with Crippen molar-refractivity contribution >= 4 is 24.3 Å². The maximum Gasteiger partial charge on any atom is 0.275 e. The predicted octanol–water partition coefficient (Wildman–Crippen LogP) is 1.10. The van der Waals surface area contributed by atoms with Crippen molar-refractivity contribution in [3.63, 3.8) is 0 Å². The molecule has 1 aromatic carbocycles. The topological polar surface area (TPSA) is 120 Å². The summed E-state index contributed by atoms with van der Waals surface area (Å²) in [6.07, 6.45) is 1.01. The Hall–Kier alpha value is -2.94. The third kappa shape index (κ3) is 3.46. The molecule has 1 aromatic heterocycles. The molecule has 0 saturated carbocycles. The van der Waals surface area contributed by atoms with Gasteiger partial charge in [0.15, 0.2) is 4.77 Å². The molecule has 1 amide bonds. The average Bonchev–Trinajstić information content (AvgIpc) is 2.51. The summed E-state index contributed by atoms with van der Waals surface area (Å²) in [4.78, 5) is 26.0. The van der Waals surface area contributed by atoms with Crippen LogP contribution in [0, 0.1) is 4.77 Å². The van der Waals surface area contributed by atoms with E-state index in [-0.39, 0.29) is 27.5 Å². The van der Waals surface area contributed by atoms with Crippen molar-refractivity contribution in [2.45, 2.75) is 13.5 Å². The van der Waals surface area contributed by atoms with E-state index in [0.717, 1.165) is 6.21 Å². The summed E-state index contributed by atoms with van der Waals surface area (Å²) in [7, 11) is 0. The maximum absolute atomic E-state index is 11.8. The second-order valence-corrected chi connectivity index (χ2v) is 4.84. The van der Waals surface area contributed by atoms with E-state index < -0.39 is 11.5 Å². The van der Waals surface area contributed by atoms with Gasteiger partial charge in [-0.25, -0.2) is 5.43 Å². The van der Waals surface area contributed by atoms with Crippen molar-refractivity contribution in [1.82, 2.24) is 15.0 Å². The van der Waals surface area contributed by atoms with Gasteiger partial charge < -0.3 is 10.2 Å². The minimum absolute atomic E-state index is 0.0345. The van der Waals surface area contributed by atoms with Gasteiger partial charge in [-0.15, -0.1) is 0 Å². The zero-order chi connectivity index (χ0) is 17.0. The van der Waals surface area contributed by atoms with E-state index in [1.165, 1.54) is 16.7 Å². The van der Waals surface area contributed by atoms with Crippen LogP contribution in [0.25, 0.3) is 0 Å². The first-order valence-corrected chi connectivity index (χ1v) is 7.04. The molecule has 0 radical (unpaired) electrons. The monoisotopic (exact) mass is 334 g/mol.